The Labute approximate surface area is 160 Å². The van der Waals surface area contributed by atoms with E-state index < -0.39 is 0 Å². The third kappa shape index (κ3) is 4.70. The fourth-order valence-electron chi connectivity index (χ4n) is 2.69. The summed E-state index contributed by atoms with van der Waals surface area (Å²) in [6.07, 6.45) is 1.70. The van der Waals surface area contributed by atoms with Gasteiger partial charge >= 0.3 is 0 Å². The summed E-state index contributed by atoms with van der Waals surface area (Å²) < 4.78 is 11.3. The van der Waals surface area contributed by atoms with E-state index in [9.17, 15) is 4.79 Å². The Balaban J connectivity index is 2.35. The molecule has 0 fully saturated rings. The lowest BCUT2D eigenvalue weighted by atomic mass is 10.1. The highest BCUT2D eigenvalue weighted by atomic mass is 35.5. The van der Waals surface area contributed by atoms with Gasteiger partial charge in [-0.3, -0.25) is 4.79 Å². The molecule has 5 heteroatoms. The largest absolute Gasteiger partial charge is 0.490 e. The second-order valence-corrected chi connectivity index (χ2v) is 6.39. The average molecular weight is 376 g/mol. The summed E-state index contributed by atoms with van der Waals surface area (Å²) in [7, 11) is 0. The van der Waals surface area contributed by atoms with Crippen molar-refractivity contribution in [2.75, 3.05) is 18.5 Å². The maximum atomic E-state index is 12.8. The molecule has 2 aromatic rings. The Kier molecular flexibility index (Phi) is 7.34. The minimum atomic E-state index is -0.223. The number of nitrogens with one attached hydrogen (secondary N) is 1. The maximum absolute atomic E-state index is 12.8. The van der Waals surface area contributed by atoms with Gasteiger partial charge in [0.25, 0.3) is 5.91 Å². The van der Waals surface area contributed by atoms with Crippen molar-refractivity contribution in [1.29, 1.82) is 0 Å². The van der Waals surface area contributed by atoms with E-state index in [1.54, 1.807) is 12.1 Å². The summed E-state index contributed by atoms with van der Waals surface area (Å²) in [5, 5.41) is 3.38. The van der Waals surface area contributed by atoms with Crippen LogP contribution in [0.1, 0.15) is 48.7 Å². The van der Waals surface area contributed by atoms with E-state index in [1.807, 2.05) is 39.0 Å². The number of aryl methyl sites for hydroxylation is 2. The monoisotopic (exact) mass is 375 g/mol. The Morgan fingerprint density at radius 2 is 1.92 bits per heavy atom. The first kappa shape index (κ1) is 20.1. The van der Waals surface area contributed by atoms with Crippen LogP contribution in [-0.2, 0) is 6.42 Å². The van der Waals surface area contributed by atoms with Crippen molar-refractivity contribution in [2.24, 2.45) is 0 Å². The minimum absolute atomic E-state index is 0.223. The molecule has 26 heavy (non-hydrogen) atoms. The highest BCUT2D eigenvalue weighted by Crippen LogP contribution is 2.37. The average Bonchev–Trinajstić information content (AvgIpc) is 2.62. The molecule has 0 heterocycles. The van der Waals surface area contributed by atoms with Crippen molar-refractivity contribution < 1.29 is 14.3 Å². The van der Waals surface area contributed by atoms with Gasteiger partial charge in [-0.25, -0.2) is 0 Å². The number of para-hydroxylation sites is 1. The number of amides is 1. The molecular formula is C21H26ClNO3. The molecule has 2 rings (SSSR count). The number of halogens is 1. The molecule has 0 saturated heterocycles. The molecule has 0 unspecified atom stereocenters. The van der Waals surface area contributed by atoms with Crippen molar-refractivity contribution in [3.05, 3.63) is 52.0 Å². The zero-order valence-electron chi connectivity index (χ0n) is 15.8. The summed E-state index contributed by atoms with van der Waals surface area (Å²) >= 11 is 6.36. The Morgan fingerprint density at radius 1 is 1.15 bits per heavy atom. The molecule has 0 radical (unpaired) electrons. The van der Waals surface area contributed by atoms with Gasteiger partial charge in [0.05, 0.1) is 18.2 Å². The summed E-state index contributed by atoms with van der Waals surface area (Å²) in [5.74, 6) is 0.745. The standard InChI is InChI=1S/C21H26ClNO3/c1-5-11-26-20-17(22)12-16(13-18(20)25-7-3)21(24)23-19-14(4)9-8-10-15(19)6-2/h8-10,12-13H,5-7,11H2,1-4H3,(H,23,24). The van der Waals surface area contributed by atoms with Crippen LogP contribution in [0.5, 0.6) is 11.5 Å². The Bertz CT molecular complexity index is 774. The summed E-state index contributed by atoms with van der Waals surface area (Å²) in [6.45, 7) is 8.94. The van der Waals surface area contributed by atoms with Gasteiger partial charge in [0.1, 0.15) is 0 Å². The van der Waals surface area contributed by atoms with Crippen molar-refractivity contribution >= 4 is 23.2 Å². The number of anilines is 1. The Hall–Kier alpha value is -2.20. The number of hydrogen-bond acceptors (Lipinski definition) is 3. The molecule has 0 atom stereocenters. The van der Waals surface area contributed by atoms with Crippen LogP contribution in [0.25, 0.3) is 0 Å². The highest BCUT2D eigenvalue weighted by molar-refractivity contribution is 6.32. The number of carbonyl (C=O) groups is 1. The predicted molar refractivity (Wildman–Crippen MR) is 107 cm³/mol. The zero-order valence-corrected chi connectivity index (χ0v) is 16.6. The van der Waals surface area contributed by atoms with Gasteiger partial charge in [-0.15, -0.1) is 0 Å². The molecule has 0 aliphatic rings. The second-order valence-electron chi connectivity index (χ2n) is 5.98. The normalized spacial score (nSPS) is 10.5. The van der Waals surface area contributed by atoms with E-state index in [0.29, 0.717) is 35.3 Å². The van der Waals surface area contributed by atoms with Crippen molar-refractivity contribution in [2.45, 2.75) is 40.5 Å². The molecule has 140 valence electrons. The fraction of sp³-hybridized carbons (Fsp3) is 0.381. The van der Waals surface area contributed by atoms with Crippen LogP contribution in [0.3, 0.4) is 0 Å². The highest BCUT2D eigenvalue weighted by Gasteiger charge is 2.17. The molecule has 0 spiro atoms. The third-order valence-corrected chi connectivity index (χ3v) is 4.28. The molecular weight excluding hydrogens is 350 g/mol. The lowest BCUT2D eigenvalue weighted by Crippen LogP contribution is -2.15. The topological polar surface area (TPSA) is 47.6 Å². The van der Waals surface area contributed by atoms with Crippen molar-refractivity contribution in [3.8, 4) is 11.5 Å². The van der Waals surface area contributed by atoms with Crippen LogP contribution in [0.4, 0.5) is 5.69 Å². The van der Waals surface area contributed by atoms with Crippen LogP contribution in [0.15, 0.2) is 30.3 Å². The predicted octanol–water partition coefficient (Wildman–Crippen LogP) is 5.65. The molecule has 0 bridgehead atoms. The quantitative estimate of drug-likeness (QED) is 0.648. The second kappa shape index (κ2) is 9.48. The molecule has 1 N–H and O–H groups in total. The van der Waals surface area contributed by atoms with Crippen molar-refractivity contribution in [1.82, 2.24) is 0 Å². The molecule has 0 aliphatic heterocycles. The summed E-state index contributed by atoms with van der Waals surface area (Å²) in [5.41, 5.74) is 3.40. The van der Waals surface area contributed by atoms with E-state index >= 15 is 0 Å². The van der Waals surface area contributed by atoms with E-state index in [1.165, 1.54) is 0 Å². The van der Waals surface area contributed by atoms with Gasteiger partial charge in [0.15, 0.2) is 11.5 Å². The fourth-order valence-corrected chi connectivity index (χ4v) is 2.96. The van der Waals surface area contributed by atoms with E-state index in [2.05, 4.69) is 12.2 Å². The van der Waals surface area contributed by atoms with Crippen LogP contribution in [-0.4, -0.2) is 19.1 Å². The number of ether oxygens (including phenoxy) is 2. The van der Waals surface area contributed by atoms with Crippen LogP contribution >= 0.6 is 11.6 Å². The maximum Gasteiger partial charge on any atom is 0.255 e. The first-order valence-corrected chi connectivity index (χ1v) is 9.38. The van der Waals surface area contributed by atoms with Gasteiger partial charge in [0, 0.05) is 11.3 Å². The lowest BCUT2D eigenvalue weighted by Gasteiger charge is -2.16. The molecule has 4 nitrogen and oxygen atoms in total. The van der Waals surface area contributed by atoms with Gasteiger partial charge in [0.2, 0.25) is 0 Å². The van der Waals surface area contributed by atoms with Crippen molar-refractivity contribution in [3.63, 3.8) is 0 Å². The molecule has 2 aromatic carbocycles. The van der Waals surface area contributed by atoms with E-state index in [4.69, 9.17) is 21.1 Å². The molecule has 1 amide bonds. The Morgan fingerprint density at radius 3 is 2.58 bits per heavy atom. The van der Waals surface area contributed by atoms with Gasteiger partial charge in [-0.1, -0.05) is 43.6 Å². The first-order chi connectivity index (χ1) is 12.5. The van der Waals surface area contributed by atoms with E-state index in [-0.39, 0.29) is 5.91 Å². The first-order valence-electron chi connectivity index (χ1n) is 9.00. The van der Waals surface area contributed by atoms with Crippen LogP contribution in [0.2, 0.25) is 5.02 Å². The van der Waals surface area contributed by atoms with Gasteiger partial charge in [-0.05, 0) is 49.9 Å². The zero-order chi connectivity index (χ0) is 19.1. The van der Waals surface area contributed by atoms with Gasteiger partial charge < -0.3 is 14.8 Å². The number of carbonyl (C=O) groups excluding carboxylic acids is 1. The summed E-state index contributed by atoms with van der Waals surface area (Å²) in [4.78, 5) is 12.8. The third-order valence-electron chi connectivity index (χ3n) is 4.00. The minimum Gasteiger partial charge on any atom is -0.490 e. The smallest absolute Gasteiger partial charge is 0.255 e. The molecule has 0 saturated carbocycles. The van der Waals surface area contributed by atoms with Crippen LogP contribution in [0, 0.1) is 6.92 Å². The SMILES string of the molecule is CCCOc1c(Cl)cc(C(=O)Nc2c(C)cccc2CC)cc1OCC. The molecule has 0 aromatic heterocycles. The number of benzene rings is 2. The van der Waals surface area contributed by atoms with E-state index in [0.717, 1.165) is 29.7 Å². The molecule has 0 aliphatic carbocycles. The number of rotatable bonds is 8. The number of hydrogen-bond donors (Lipinski definition) is 1. The summed E-state index contributed by atoms with van der Waals surface area (Å²) in [6, 6.07) is 9.29. The lowest BCUT2D eigenvalue weighted by molar-refractivity contribution is 0.102. The van der Waals surface area contributed by atoms with Gasteiger partial charge in [-0.2, -0.15) is 0 Å². The van der Waals surface area contributed by atoms with Crippen LogP contribution < -0.4 is 14.8 Å².